The number of amides is 2. The van der Waals surface area contributed by atoms with Gasteiger partial charge in [-0.2, -0.15) is 0 Å². The first-order valence-electron chi connectivity index (χ1n) is 7.17. The molecule has 1 aliphatic rings. The van der Waals surface area contributed by atoms with Gasteiger partial charge >= 0.3 is 0 Å². The Labute approximate surface area is 169 Å². The van der Waals surface area contributed by atoms with E-state index in [-0.39, 0.29) is 21.4 Å². The van der Waals surface area contributed by atoms with Crippen molar-refractivity contribution in [3.05, 3.63) is 62.2 Å². The molecule has 1 heterocycles. The van der Waals surface area contributed by atoms with Crippen molar-refractivity contribution in [1.29, 1.82) is 0 Å². The van der Waals surface area contributed by atoms with Crippen LogP contribution in [0.4, 0.5) is 11.4 Å². The fraction of sp³-hybridized carbons (Fsp3) is 0.0588. The van der Waals surface area contributed by atoms with E-state index >= 15 is 0 Å². The van der Waals surface area contributed by atoms with Gasteiger partial charge in [0.05, 0.1) is 22.8 Å². The second-order valence-electron chi connectivity index (χ2n) is 5.20. The van der Waals surface area contributed by atoms with Crippen LogP contribution in [-0.4, -0.2) is 18.9 Å². The Balaban J connectivity index is 1.93. The van der Waals surface area contributed by atoms with Gasteiger partial charge in [0.15, 0.2) is 0 Å². The van der Waals surface area contributed by atoms with Gasteiger partial charge in [0.2, 0.25) is 0 Å². The van der Waals surface area contributed by atoms with Gasteiger partial charge in [-0.25, -0.2) is 4.90 Å². The Morgan fingerprint density at radius 3 is 2.27 bits per heavy atom. The number of hydrogen-bond acceptors (Lipinski definition) is 4. The maximum atomic E-state index is 12.7. The summed E-state index contributed by atoms with van der Waals surface area (Å²) in [7, 11) is 1.49. The van der Waals surface area contributed by atoms with Crippen molar-refractivity contribution >= 4 is 69.6 Å². The monoisotopic (exact) mass is 430 g/mol. The molecule has 0 aliphatic carbocycles. The third kappa shape index (κ3) is 3.35. The molecule has 2 amide bonds. The zero-order valence-electron chi connectivity index (χ0n) is 13.1. The highest BCUT2D eigenvalue weighted by Crippen LogP contribution is 2.36. The van der Waals surface area contributed by atoms with Gasteiger partial charge in [-0.3, -0.25) is 9.59 Å². The molecule has 0 bridgehead atoms. The minimum atomic E-state index is -0.692. The maximum Gasteiger partial charge on any atom is 0.283 e. The van der Waals surface area contributed by atoms with Crippen LogP contribution in [-0.2, 0) is 9.59 Å². The number of benzene rings is 2. The third-order valence-corrected chi connectivity index (χ3v) is 4.78. The van der Waals surface area contributed by atoms with E-state index in [1.807, 2.05) is 0 Å². The Bertz CT molecular complexity index is 959. The molecular weight excluding hydrogens is 422 g/mol. The molecule has 1 aliphatic heterocycles. The van der Waals surface area contributed by atoms with Crippen LogP contribution in [0.2, 0.25) is 15.1 Å². The summed E-state index contributed by atoms with van der Waals surface area (Å²) >= 11 is 24.1. The second kappa shape index (κ2) is 7.37. The fourth-order valence-electron chi connectivity index (χ4n) is 2.38. The number of ether oxygens (including phenoxy) is 1. The first-order valence-corrected chi connectivity index (χ1v) is 8.69. The lowest BCUT2D eigenvalue weighted by atomic mass is 10.2. The van der Waals surface area contributed by atoms with Gasteiger partial charge in [-0.1, -0.05) is 46.4 Å². The minimum absolute atomic E-state index is 0.0797. The summed E-state index contributed by atoms with van der Waals surface area (Å²) in [6, 6.07) is 9.23. The number of methoxy groups -OCH3 is 1. The quantitative estimate of drug-likeness (QED) is 0.684. The van der Waals surface area contributed by atoms with Crippen molar-refractivity contribution in [2.75, 3.05) is 17.3 Å². The lowest BCUT2D eigenvalue weighted by Gasteiger charge is -2.16. The molecule has 26 heavy (non-hydrogen) atoms. The molecule has 1 N–H and O–H groups in total. The molecule has 134 valence electrons. The minimum Gasteiger partial charge on any atom is -0.495 e. The van der Waals surface area contributed by atoms with E-state index in [1.54, 1.807) is 18.2 Å². The van der Waals surface area contributed by atoms with Gasteiger partial charge in [-0.15, -0.1) is 0 Å². The van der Waals surface area contributed by atoms with E-state index in [0.717, 1.165) is 4.90 Å². The molecular formula is C17H10Cl4N2O3. The number of nitrogens with zero attached hydrogens (tertiary/aromatic N) is 1. The molecule has 0 unspecified atom stereocenters. The predicted molar refractivity (Wildman–Crippen MR) is 103 cm³/mol. The molecule has 0 aromatic heterocycles. The molecule has 3 rings (SSSR count). The van der Waals surface area contributed by atoms with Crippen molar-refractivity contribution < 1.29 is 14.3 Å². The van der Waals surface area contributed by atoms with E-state index in [1.165, 1.54) is 25.3 Å². The highest BCUT2D eigenvalue weighted by molar-refractivity contribution is 6.54. The van der Waals surface area contributed by atoms with Gasteiger partial charge < -0.3 is 10.1 Å². The lowest BCUT2D eigenvalue weighted by molar-refractivity contribution is -0.120. The Kier molecular flexibility index (Phi) is 5.34. The van der Waals surface area contributed by atoms with E-state index in [2.05, 4.69) is 5.32 Å². The number of nitrogens with one attached hydrogen (secondary N) is 1. The summed E-state index contributed by atoms with van der Waals surface area (Å²) in [6.45, 7) is 0. The molecule has 0 fully saturated rings. The van der Waals surface area contributed by atoms with Crippen LogP contribution >= 0.6 is 46.4 Å². The summed E-state index contributed by atoms with van der Waals surface area (Å²) in [4.78, 5) is 26.1. The van der Waals surface area contributed by atoms with Gasteiger partial charge in [0, 0.05) is 10.7 Å². The molecule has 9 heteroatoms. The summed E-state index contributed by atoms with van der Waals surface area (Å²) in [5, 5.41) is 3.43. The smallest absolute Gasteiger partial charge is 0.283 e. The van der Waals surface area contributed by atoms with Gasteiger partial charge in [-0.05, 0) is 36.4 Å². The van der Waals surface area contributed by atoms with Crippen LogP contribution in [0.5, 0.6) is 5.75 Å². The summed E-state index contributed by atoms with van der Waals surface area (Å²) in [5.74, 6) is -0.861. The van der Waals surface area contributed by atoms with Gasteiger partial charge in [0.25, 0.3) is 11.8 Å². The van der Waals surface area contributed by atoms with Crippen molar-refractivity contribution in [3.8, 4) is 5.75 Å². The SMILES string of the molecule is COc1ccc(NC2=C(Cl)C(=O)N(c3ccc(Cl)cc3Cl)C2=O)cc1Cl. The summed E-state index contributed by atoms with van der Waals surface area (Å²) in [6.07, 6.45) is 0. The zero-order valence-corrected chi connectivity index (χ0v) is 16.2. The van der Waals surface area contributed by atoms with Crippen LogP contribution in [0.1, 0.15) is 0 Å². The van der Waals surface area contributed by atoms with Crippen molar-refractivity contribution in [1.82, 2.24) is 0 Å². The molecule has 0 saturated heterocycles. The van der Waals surface area contributed by atoms with Crippen LogP contribution in [0, 0.1) is 0 Å². The van der Waals surface area contributed by atoms with Crippen molar-refractivity contribution in [2.24, 2.45) is 0 Å². The number of halogens is 4. The number of rotatable bonds is 4. The largest absolute Gasteiger partial charge is 0.495 e. The Morgan fingerprint density at radius 1 is 0.923 bits per heavy atom. The molecule has 2 aromatic rings. The Morgan fingerprint density at radius 2 is 1.65 bits per heavy atom. The van der Waals surface area contributed by atoms with Crippen LogP contribution < -0.4 is 15.0 Å². The molecule has 5 nitrogen and oxygen atoms in total. The van der Waals surface area contributed by atoms with E-state index in [0.29, 0.717) is 21.5 Å². The summed E-state index contributed by atoms with van der Waals surface area (Å²) < 4.78 is 5.07. The van der Waals surface area contributed by atoms with E-state index < -0.39 is 11.8 Å². The maximum absolute atomic E-state index is 12.7. The van der Waals surface area contributed by atoms with E-state index in [9.17, 15) is 9.59 Å². The average molecular weight is 432 g/mol. The highest BCUT2D eigenvalue weighted by atomic mass is 35.5. The van der Waals surface area contributed by atoms with Gasteiger partial charge in [0.1, 0.15) is 16.5 Å². The first-order chi connectivity index (χ1) is 12.3. The molecule has 0 saturated carbocycles. The van der Waals surface area contributed by atoms with Crippen LogP contribution in [0.15, 0.2) is 47.1 Å². The first kappa shape index (κ1) is 18.9. The third-order valence-electron chi connectivity index (χ3n) is 3.60. The number of carbonyl (C=O) groups excluding carboxylic acids is 2. The fourth-order valence-corrected chi connectivity index (χ4v) is 3.34. The summed E-state index contributed by atoms with van der Waals surface area (Å²) in [5.41, 5.74) is 0.576. The normalized spacial score (nSPS) is 14.3. The second-order valence-corrected chi connectivity index (χ2v) is 6.83. The van der Waals surface area contributed by atoms with Crippen molar-refractivity contribution in [3.63, 3.8) is 0 Å². The van der Waals surface area contributed by atoms with Crippen LogP contribution in [0.3, 0.4) is 0 Å². The molecule has 0 spiro atoms. The topological polar surface area (TPSA) is 58.6 Å². The van der Waals surface area contributed by atoms with E-state index in [4.69, 9.17) is 51.1 Å². The number of hydrogen-bond donors (Lipinski definition) is 1. The number of anilines is 2. The molecule has 0 atom stereocenters. The van der Waals surface area contributed by atoms with Crippen LogP contribution in [0.25, 0.3) is 0 Å². The number of imide groups is 1. The number of carbonyl (C=O) groups is 2. The average Bonchev–Trinajstić information content (AvgIpc) is 2.79. The zero-order chi connectivity index (χ0) is 19.0. The Hall–Kier alpha value is -1.92. The molecule has 0 radical (unpaired) electrons. The standard InChI is InChI=1S/C17H10Cl4N2O3/c1-26-13-5-3-9(7-11(13)20)22-15-14(21)16(24)23(17(15)25)12-4-2-8(18)6-10(12)19/h2-7,22H,1H3. The lowest BCUT2D eigenvalue weighted by Crippen LogP contribution is -2.32. The highest BCUT2D eigenvalue weighted by Gasteiger charge is 2.39. The van der Waals surface area contributed by atoms with Crippen molar-refractivity contribution in [2.45, 2.75) is 0 Å². The molecule has 2 aromatic carbocycles. The predicted octanol–water partition coefficient (Wildman–Crippen LogP) is 5.09.